The summed E-state index contributed by atoms with van der Waals surface area (Å²) in [5.41, 5.74) is 2.22. The molecule has 0 amide bonds. The molecule has 0 saturated carbocycles. The summed E-state index contributed by atoms with van der Waals surface area (Å²) in [6.45, 7) is 5.45. The van der Waals surface area contributed by atoms with E-state index in [4.69, 9.17) is 9.72 Å². The highest BCUT2D eigenvalue weighted by Gasteiger charge is 2.40. The molecule has 0 radical (unpaired) electrons. The number of nitrogens with one attached hydrogen (secondary N) is 1. The van der Waals surface area contributed by atoms with Crippen molar-refractivity contribution in [3.8, 4) is 6.07 Å². The maximum absolute atomic E-state index is 10.0. The molecule has 2 aliphatic rings. The average molecular weight is 345 g/mol. The molecule has 0 spiro atoms. The molecule has 2 aliphatic heterocycles. The van der Waals surface area contributed by atoms with Crippen LogP contribution in [0.1, 0.15) is 23.7 Å². The van der Waals surface area contributed by atoms with E-state index in [-0.39, 0.29) is 12.6 Å². The number of pyridine rings is 1. The van der Waals surface area contributed by atoms with E-state index in [9.17, 15) is 10.4 Å². The molecule has 1 aromatic heterocycles. The number of rotatable bonds is 4. The molecule has 0 unspecified atom stereocenters. The smallest absolute Gasteiger partial charge is 0.144 e. The van der Waals surface area contributed by atoms with Gasteiger partial charge in [-0.15, -0.1) is 0 Å². The maximum Gasteiger partial charge on any atom is 0.144 e. The number of fused-ring (bicyclic) bond motifs is 1. The summed E-state index contributed by atoms with van der Waals surface area (Å²) in [6.07, 6.45) is 0.886. The number of hydrogen-bond donors (Lipinski definition) is 2. The molecule has 1 saturated heterocycles. The Hall–Kier alpha value is -1.72. The van der Waals surface area contributed by atoms with Gasteiger partial charge in [0, 0.05) is 37.8 Å². The van der Waals surface area contributed by atoms with Gasteiger partial charge in [0.25, 0.3) is 0 Å². The quantitative estimate of drug-likeness (QED) is 0.819. The molecule has 3 heterocycles. The van der Waals surface area contributed by atoms with Crippen LogP contribution in [-0.2, 0) is 17.7 Å². The second-order valence-electron chi connectivity index (χ2n) is 7.30. The predicted molar refractivity (Wildman–Crippen MR) is 95.3 cm³/mol. The van der Waals surface area contributed by atoms with E-state index in [1.165, 1.54) is 0 Å². The SMILES string of the molecule is C[C@@H]1COC[C@@](CO)(CNc2nc3c(cc2C#N)CN(C)CC3)N1C. The Bertz CT molecular complexity index is 674. The van der Waals surface area contributed by atoms with Crippen molar-refractivity contribution in [3.63, 3.8) is 0 Å². The number of aliphatic hydroxyl groups excluding tert-OH is 1. The zero-order valence-electron chi connectivity index (χ0n) is 15.2. The van der Waals surface area contributed by atoms with Gasteiger partial charge in [-0.25, -0.2) is 4.98 Å². The van der Waals surface area contributed by atoms with E-state index >= 15 is 0 Å². The van der Waals surface area contributed by atoms with E-state index in [1.807, 2.05) is 13.1 Å². The molecule has 0 aromatic carbocycles. The van der Waals surface area contributed by atoms with Gasteiger partial charge in [0.2, 0.25) is 0 Å². The summed E-state index contributed by atoms with van der Waals surface area (Å²) < 4.78 is 5.67. The van der Waals surface area contributed by atoms with Crippen LogP contribution in [0.15, 0.2) is 6.07 Å². The number of nitrogens with zero attached hydrogens (tertiary/aromatic N) is 4. The maximum atomic E-state index is 10.0. The number of morpholine rings is 1. The zero-order chi connectivity index (χ0) is 18.0. The Balaban J connectivity index is 1.82. The second kappa shape index (κ2) is 7.26. The minimum Gasteiger partial charge on any atom is -0.394 e. The fourth-order valence-electron chi connectivity index (χ4n) is 3.57. The standard InChI is InChI=1S/C18H27N5O2/c1-13-9-25-12-18(11-24,23(13)3)10-20-17-14(7-19)6-15-8-22(2)5-4-16(15)21-17/h6,13,24H,4-5,8-12H2,1-3H3,(H,20,21)/t13-,18+/m1/s1. The van der Waals surface area contributed by atoms with Gasteiger partial charge >= 0.3 is 0 Å². The molecule has 136 valence electrons. The summed E-state index contributed by atoms with van der Waals surface area (Å²) in [5, 5.41) is 22.8. The number of aliphatic hydroxyl groups is 1. The Morgan fingerprint density at radius 3 is 3.04 bits per heavy atom. The van der Waals surface area contributed by atoms with Gasteiger partial charge in [0.1, 0.15) is 11.9 Å². The van der Waals surface area contributed by atoms with E-state index < -0.39 is 5.54 Å². The molecule has 3 rings (SSSR count). The van der Waals surface area contributed by atoms with Gasteiger partial charge in [-0.1, -0.05) is 0 Å². The molecule has 1 fully saturated rings. The molecule has 2 N–H and O–H groups in total. The highest BCUT2D eigenvalue weighted by Crippen LogP contribution is 2.26. The van der Waals surface area contributed by atoms with Crippen LogP contribution in [0.3, 0.4) is 0 Å². The first kappa shape index (κ1) is 18.1. The lowest BCUT2D eigenvalue weighted by atomic mass is 9.95. The molecular formula is C18H27N5O2. The largest absolute Gasteiger partial charge is 0.394 e. The van der Waals surface area contributed by atoms with Crippen molar-refractivity contribution in [1.29, 1.82) is 5.26 Å². The van der Waals surface area contributed by atoms with Gasteiger partial charge in [-0.3, -0.25) is 4.90 Å². The van der Waals surface area contributed by atoms with Crippen molar-refractivity contribution in [3.05, 3.63) is 22.9 Å². The van der Waals surface area contributed by atoms with E-state index in [0.717, 1.165) is 30.8 Å². The highest BCUT2D eigenvalue weighted by molar-refractivity contribution is 5.55. The monoisotopic (exact) mass is 345 g/mol. The Labute approximate surface area is 149 Å². The fourth-order valence-corrected chi connectivity index (χ4v) is 3.57. The van der Waals surface area contributed by atoms with Crippen molar-refractivity contribution in [1.82, 2.24) is 14.8 Å². The topological polar surface area (TPSA) is 84.6 Å². The van der Waals surface area contributed by atoms with Crippen molar-refractivity contribution in [2.75, 3.05) is 52.3 Å². The fraction of sp³-hybridized carbons (Fsp3) is 0.667. The number of aromatic nitrogens is 1. The molecule has 0 bridgehead atoms. The van der Waals surface area contributed by atoms with Crippen LogP contribution in [0.2, 0.25) is 0 Å². The first-order valence-corrected chi connectivity index (χ1v) is 8.76. The zero-order valence-corrected chi connectivity index (χ0v) is 15.2. The predicted octanol–water partition coefficient (Wildman–Crippen LogP) is 0.435. The molecule has 2 atom stereocenters. The molecule has 7 heteroatoms. The minimum atomic E-state index is -0.512. The number of hydrogen-bond acceptors (Lipinski definition) is 7. The summed E-state index contributed by atoms with van der Waals surface area (Å²) in [7, 11) is 4.08. The van der Waals surface area contributed by atoms with Crippen molar-refractivity contribution < 1.29 is 9.84 Å². The summed E-state index contributed by atoms with van der Waals surface area (Å²) in [6, 6.07) is 4.42. The van der Waals surface area contributed by atoms with E-state index in [1.54, 1.807) is 0 Å². The number of ether oxygens (including phenoxy) is 1. The third-order valence-electron chi connectivity index (χ3n) is 5.50. The van der Waals surface area contributed by atoms with Gasteiger partial charge in [0.15, 0.2) is 0 Å². The first-order valence-electron chi connectivity index (χ1n) is 8.76. The molecule has 1 aromatic rings. The highest BCUT2D eigenvalue weighted by atomic mass is 16.5. The number of nitriles is 1. The molecule has 0 aliphatic carbocycles. The summed E-state index contributed by atoms with van der Waals surface area (Å²) in [5.74, 6) is 0.602. The second-order valence-corrected chi connectivity index (χ2v) is 7.30. The minimum absolute atomic E-state index is 0.0154. The number of likely N-dealkylation sites (N-methyl/N-ethyl adjacent to an activating group) is 2. The first-order chi connectivity index (χ1) is 12.0. The van der Waals surface area contributed by atoms with Crippen LogP contribution < -0.4 is 5.32 Å². The Morgan fingerprint density at radius 1 is 1.52 bits per heavy atom. The van der Waals surface area contributed by atoms with E-state index in [2.05, 4.69) is 35.2 Å². The van der Waals surface area contributed by atoms with E-state index in [0.29, 0.717) is 31.1 Å². The molecular weight excluding hydrogens is 318 g/mol. The van der Waals surface area contributed by atoms with Crippen LogP contribution in [0.25, 0.3) is 0 Å². The molecule has 25 heavy (non-hydrogen) atoms. The van der Waals surface area contributed by atoms with Crippen LogP contribution in [0.4, 0.5) is 5.82 Å². The average Bonchev–Trinajstić information content (AvgIpc) is 2.62. The van der Waals surface area contributed by atoms with Gasteiger partial charge in [-0.05, 0) is 32.6 Å². The molecule has 7 nitrogen and oxygen atoms in total. The van der Waals surface area contributed by atoms with Crippen LogP contribution in [0.5, 0.6) is 0 Å². The Kier molecular flexibility index (Phi) is 5.25. The van der Waals surface area contributed by atoms with Crippen LogP contribution >= 0.6 is 0 Å². The Morgan fingerprint density at radius 2 is 2.32 bits per heavy atom. The summed E-state index contributed by atoms with van der Waals surface area (Å²) >= 11 is 0. The lowest BCUT2D eigenvalue weighted by molar-refractivity contribution is -0.101. The van der Waals surface area contributed by atoms with Crippen molar-refractivity contribution in [2.45, 2.75) is 31.5 Å². The van der Waals surface area contributed by atoms with Gasteiger partial charge in [0.05, 0.1) is 30.9 Å². The van der Waals surface area contributed by atoms with Gasteiger partial charge < -0.3 is 20.1 Å². The van der Waals surface area contributed by atoms with Gasteiger partial charge in [-0.2, -0.15) is 5.26 Å². The third-order valence-corrected chi connectivity index (χ3v) is 5.50. The lowest BCUT2D eigenvalue weighted by Crippen LogP contribution is -2.64. The third kappa shape index (κ3) is 3.48. The normalized spacial score (nSPS) is 27.6. The van der Waals surface area contributed by atoms with Crippen molar-refractivity contribution >= 4 is 5.82 Å². The van der Waals surface area contributed by atoms with Crippen LogP contribution in [0, 0.1) is 11.3 Å². The van der Waals surface area contributed by atoms with Crippen LogP contribution in [-0.4, -0.2) is 78.5 Å². The lowest BCUT2D eigenvalue weighted by Gasteiger charge is -2.47. The number of anilines is 1. The summed E-state index contributed by atoms with van der Waals surface area (Å²) in [4.78, 5) is 9.10. The van der Waals surface area contributed by atoms with Crippen molar-refractivity contribution in [2.24, 2.45) is 0 Å².